The number of nitrogens with one attached hydrogen (secondary N) is 3. The summed E-state index contributed by atoms with van der Waals surface area (Å²) in [6.45, 7) is 11.4. The summed E-state index contributed by atoms with van der Waals surface area (Å²) in [5.41, 5.74) is 2.25. The fourth-order valence-corrected chi connectivity index (χ4v) is 6.16. The average Bonchev–Trinajstić information content (AvgIpc) is 3.47. The number of halogens is 1. The number of hydrogen-bond acceptors (Lipinski definition) is 10. The van der Waals surface area contributed by atoms with Crippen LogP contribution in [-0.4, -0.2) is 96.3 Å². The first-order valence-corrected chi connectivity index (χ1v) is 16.4. The molecule has 0 bridgehead atoms. The minimum atomic E-state index is -0.181. The van der Waals surface area contributed by atoms with Crippen LogP contribution in [0.5, 0.6) is 11.6 Å². The second-order valence-corrected chi connectivity index (χ2v) is 13.3. The molecule has 0 spiro atoms. The molecular formula is C33H47ClN8O4. The van der Waals surface area contributed by atoms with E-state index in [0.717, 1.165) is 75.1 Å². The number of anilines is 2. The van der Waals surface area contributed by atoms with Gasteiger partial charge in [-0.3, -0.25) is 15.0 Å². The molecular weight excluding hydrogens is 608 g/mol. The molecule has 0 unspecified atom stereocenters. The third-order valence-electron chi connectivity index (χ3n) is 8.43. The summed E-state index contributed by atoms with van der Waals surface area (Å²) in [6.07, 6.45) is 10.9. The number of ether oxygens (including phenoxy) is 4. The van der Waals surface area contributed by atoms with Crippen molar-refractivity contribution in [1.82, 2.24) is 30.0 Å². The molecule has 1 aliphatic heterocycles. The number of morpholine rings is 1. The molecule has 1 aliphatic carbocycles. The zero-order valence-corrected chi connectivity index (χ0v) is 28.1. The van der Waals surface area contributed by atoms with Crippen LogP contribution in [0.2, 0.25) is 5.02 Å². The number of hydrogen-bond donors (Lipinski definition) is 3. The smallest absolute Gasteiger partial charge is 0.256 e. The van der Waals surface area contributed by atoms with E-state index in [9.17, 15) is 0 Å². The highest BCUT2D eigenvalue weighted by atomic mass is 35.5. The minimum Gasteiger partial charge on any atom is -0.487 e. The van der Waals surface area contributed by atoms with E-state index in [1.165, 1.54) is 0 Å². The lowest BCUT2D eigenvalue weighted by Crippen LogP contribution is -2.45. The summed E-state index contributed by atoms with van der Waals surface area (Å²) in [4.78, 5) is 11.8. The third kappa shape index (κ3) is 9.09. The third-order valence-corrected chi connectivity index (χ3v) is 8.75. The first-order valence-electron chi connectivity index (χ1n) is 16.1. The Morgan fingerprint density at radius 2 is 1.80 bits per heavy atom. The van der Waals surface area contributed by atoms with E-state index < -0.39 is 0 Å². The van der Waals surface area contributed by atoms with E-state index in [1.54, 1.807) is 25.6 Å². The average molecular weight is 655 g/mol. The van der Waals surface area contributed by atoms with Crippen molar-refractivity contribution < 1.29 is 18.9 Å². The predicted octanol–water partition coefficient (Wildman–Crippen LogP) is 5.57. The van der Waals surface area contributed by atoms with Gasteiger partial charge in [-0.15, -0.1) is 5.10 Å². The maximum Gasteiger partial charge on any atom is 0.256 e. The number of methoxy groups -OCH3 is 1. The van der Waals surface area contributed by atoms with Crippen LogP contribution in [-0.2, 0) is 9.47 Å². The molecule has 1 aromatic carbocycles. The molecule has 3 aromatic rings. The van der Waals surface area contributed by atoms with Gasteiger partial charge in [0.05, 0.1) is 56.6 Å². The van der Waals surface area contributed by atoms with E-state index in [-0.39, 0.29) is 11.5 Å². The topological polar surface area (TPSA) is 132 Å². The lowest BCUT2D eigenvalue weighted by molar-refractivity contribution is 0.00499. The van der Waals surface area contributed by atoms with Crippen LogP contribution in [0.3, 0.4) is 0 Å². The molecule has 2 fully saturated rings. The largest absolute Gasteiger partial charge is 0.487 e. The molecule has 3 N–H and O–H groups in total. The lowest BCUT2D eigenvalue weighted by atomic mass is 9.90. The molecule has 250 valence electrons. The number of benzene rings is 1. The van der Waals surface area contributed by atoms with Crippen molar-refractivity contribution in [1.29, 1.82) is 5.41 Å². The maximum absolute atomic E-state index is 7.15. The molecule has 46 heavy (non-hydrogen) atoms. The summed E-state index contributed by atoms with van der Waals surface area (Å²) in [7, 11) is 1.70. The van der Waals surface area contributed by atoms with Gasteiger partial charge in [0.1, 0.15) is 17.5 Å². The van der Waals surface area contributed by atoms with Crippen molar-refractivity contribution in [2.75, 3.05) is 58.5 Å². The SMILES string of the molecule is COCC(C)(C)COc1nn([C@H]2CC[C@H](N3CCOCC3)CC2)cc1Nc1ncc(-c2ccc(Cl)c(O[C@@H](C)CNC=N)c2)cn1. The first-order chi connectivity index (χ1) is 22.2. The van der Waals surface area contributed by atoms with Gasteiger partial charge in [-0.25, -0.2) is 9.97 Å². The van der Waals surface area contributed by atoms with E-state index in [0.29, 0.717) is 54.4 Å². The van der Waals surface area contributed by atoms with E-state index in [2.05, 4.69) is 44.0 Å². The summed E-state index contributed by atoms with van der Waals surface area (Å²) < 4.78 is 25.3. The quantitative estimate of drug-likeness (QED) is 0.141. The monoisotopic (exact) mass is 654 g/mol. The van der Waals surface area contributed by atoms with Gasteiger partial charge in [-0.1, -0.05) is 31.5 Å². The molecule has 3 heterocycles. The standard InChI is InChI=1S/C33H47ClN8O4/c1-23(16-36-22-35)46-30-15-24(5-10-28(30)34)25-17-37-32(38-18-25)39-29-19-42(40-31(29)45-21-33(2,3)20-43-4)27-8-6-26(7-9-27)41-11-13-44-14-12-41/h5,10,15,17-19,22-23,26-27H,6-9,11-14,16,20-21H2,1-4H3,(H2,35,36)(H,37,38,39)/t23-,26-,27-/m0/s1. The minimum absolute atomic E-state index is 0.172. The summed E-state index contributed by atoms with van der Waals surface area (Å²) >= 11 is 6.40. The van der Waals surface area contributed by atoms with Crippen LogP contribution in [0.25, 0.3) is 11.1 Å². The normalized spacial score (nSPS) is 19.8. The second-order valence-electron chi connectivity index (χ2n) is 12.9. The summed E-state index contributed by atoms with van der Waals surface area (Å²) in [6, 6.07) is 6.50. The predicted molar refractivity (Wildman–Crippen MR) is 180 cm³/mol. The van der Waals surface area contributed by atoms with Crippen molar-refractivity contribution in [3.63, 3.8) is 0 Å². The molecule has 1 saturated heterocycles. The Labute approximate surface area is 276 Å². The van der Waals surface area contributed by atoms with Crippen LogP contribution >= 0.6 is 11.6 Å². The van der Waals surface area contributed by atoms with Crippen LogP contribution in [0.1, 0.15) is 52.5 Å². The molecule has 0 radical (unpaired) electrons. The van der Waals surface area contributed by atoms with Crippen molar-refractivity contribution in [3.05, 3.63) is 41.8 Å². The van der Waals surface area contributed by atoms with E-state index in [4.69, 9.17) is 41.1 Å². The van der Waals surface area contributed by atoms with Gasteiger partial charge in [-0.2, -0.15) is 0 Å². The Morgan fingerprint density at radius 3 is 2.50 bits per heavy atom. The summed E-state index contributed by atoms with van der Waals surface area (Å²) in [5.74, 6) is 1.53. The zero-order valence-electron chi connectivity index (χ0n) is 27.3. The fourth-order valence-electron chi connectivity index (χ4n) is 6.00. The van der Waals surface area contributed by atoms with Gasteiger partial charge in [-0.05, 0) is 50.3 Å². The highest BCUT2D eigenvalue weighted by Crippen LogP contribution is 2.36. The highest BCUT2D eigenvalue weighted by Gasteiger charge is 2.29. The lowest BCUT2D eigenvalue weighted by Gasteiger charge is -2.38. The fraction of sp³-hybridized carbons (Fsp3) is 0.576. The van der Waals surface area contributed by atoms with Crippen molar-refractivity contribution in [3.8, 4) is 22.8 Å². The van der Waals surface area contributed by atoms with Crippen LogP contribution in [0.15, 0.2) is 36.8 Å². The van der Waals surface area contributed by atoms with Gasteiger partial charge in [0.15, 0.2) is 0 Å². The van der Waals surface area contributed by atoms with Crippen LogP contribution < -0.4 is 20.1 Å². The van der Waals surface area contributed by atoms with Crippen molar-refractivity contribution >= 4 is 29.6 Å². The zero-order chi connectivity index (χ0) is 32.5. The van der Waals surface area contributed by atoms with Gasteiger partial charge < -0.3 is 29.6 Å². The number of aromatic nitrogens is 4. The second kappa shape index (κ2) is 15.9. The molecule has 12 nitrogen and oxygen atoms in total. The van der Waals surface area contributed by atoms with Gasteiger partial charge in [0.2, 0.25) is 5.95 Å². The van der Waals surface area contributed by atoms with Crippen molar-refractivity contribution in [2.45, 2.75) is 64.6 Å². The summed E-state index contributed by atoms with van der Waals surface area (Å²) in [5, 5.41) is 18.8. The van der Waals surface area contributed by atoms with Crippen molar-refractivity contribution in [2.24, 2.45) is 5.41 Å². The maximum atomic E-state index is 7.15. The molecule has 1 saturated carbocycles. The van der Waals surface area contributed by atoms with Gasteiger partial charge in [0, 0.05) is 49.6 Å². The molecule has 2 aliphatic rings. The van der Waals surface area contributed by atoms with E-state index in [1.807, 2.05) is 25.3 Å². The van der Waals surface area contributed by atoms with Crippen LogP contribution in [0.4, 0.5) is 11.6 Å². The Morgan fingerprint density at radius 1 is 1.09 bits per heavy atom. The molecule has 2 aromatic heterocycles. The Kier molecular flexibility index (Phi) is 11.7. The van der Waals surface area contributed by atoms with E-state index >= 15 is 0 Å². The molecule has 13 heteroatoms. The molecule has 1 atom stereocenters. The molecule has 0 amide bonds. The number of nitrogens with zero attached hydrogens (tertiary/aromatic N) is 5. The Bertz CT molecular complexity index is 1410. The molecule has 5 rings (SSSR count). The first kappa shape index (κ1) is 33.9. The Balaban J connectivity index is 1.29. The van der Waals surface area contributed by atoms with Gasteiger partial charge >= 0.3 is 0 Å². The van der Waals surface area contributed by atoms with Crippen LogP contribution in [0, 0.1) is 10.8 Å². The highest BCUT2D eigenvalue weighted by molar-refractivity contribution is 6.32. The number of rotatable bonds is 15. The van der Waals surface area contributed by atoms with Gasteiger partial charge in [0.25, 0.3) is 5.88 Å². The Hall–Kier alpha value is -3.45.